The van der Waals surface area contributed by atoms with Gasteiger partial charge in [0.15, 0.2) is 5.96 Å². The molecule has 1 aromatic rings. The fourth-order valence-corrected chi connectivity index (χ4v) is 4.35. The molecule has 0 spiro atoms. The van der Waals surface area contributed by atoms with Crippen molar-refractivity contribution in [3.63, 3.8) is 0 Å². The summed E-state index contributed by atoms with van der Waals surface area (Å²) in [4.78, 5) is 4.80. The van der Waals surface area contributed by atoms with Crippen molar-refractivity contribution in [3.05, 3.63) is 28.8 Å². The lowest BCUT2D eigenvalue weighted by Crippen LogP contribution is -2.47. The highest BCUT2D eigenvalue weighted by Crippen LogP contribution is 2.43. The van der Waals surface area contributed by atoms with E-state index in [1.54, 1.807) is 7.11 Å². The summed E-state index contributed by atoms with van der Waals surface area (Å²) < 4.78 is 5.30. The third-order valence-electron chi connectivity index (χ3n) is 6.25. The number of aryl methyl sites for hydroxylation is 1. The molecule has 3 rings (SSSR count). The van der Waals surface area contributed by atoms with E-state index in [-0.39, 0.29) is 24.0 Å². The van der Waals surface area contributed by atoms with Gasteiger partial charge in [-0.3, -0.25) is 0 Å². The Labute approximate surface area is 186 Å². The lowest BCUT2D eigenvalue weighted by Gasteiger charge is -2.42. The van der Waals surface area contributed by atoms with Gasteiger partial charge in [0.05, 0.1) is 6.54 Å². The third kappa shape index (κ3) is 5.75. The Morgan fingerprint density at radius 3 is 2.64 bits per heavy atom. The molecule has 1 fully saturated rings. The topological polar surface area (TPSA) is 65.9 Å². The average molecular weight is 501 g/mol. The fourth-order valence-electron chi connectivity index (χ4n) is 4.35. The Hall–Kier alpha value is -1.02. The number of phenolic OH excluding ortho intramolecular Hbond substituents is 1. The molecule has 2 aliphatic carbocycles. The molecule has 0 unspecified atom stereocenters. The highest BCUT2D eigenvalue weighted by Gasteiger charge is 2.36. The fraction of sp³-hybridized carbons (Fsp3) is 0.682. The van der Waals surface area contributed by atoms with Crippen LogP contribution in [0.1, 0.15) is 62.1 Å². The molecule has 0 aliphatic heterocycles. The standard InChI is InChI=1S/C22H35N3O2.HI/c1-3-23-21(25-16-22(11-6-12-22)13-14-27-2)24-15-19-18-8-5-4-7-17(18)9-10-20(19)26;/h9-10,26H,3-8,11-16H2,1-2H3,(H2,23,24,25);1H. The third-order valence-corrected chi connectivity index (χ3v) is 6.25. The average Bonchev–Trinajstić information content (AvgIpc) is 2.66. The van der Waals surface area contributed by atoms with Crippen LogP contribution in [0.15, 0.2) is 17.1 Å². The quantitative estimate of drug-likeness (QED) is 0.285. The summed E-state index contributed by atoms with van der Waals surface area (Å²) in [5.74, 6) is 1.22. The number of aromatic hydroxyl groups is 1. The van der Waals surface area contributed by atoms with E-state index < -0.39 is 0 Å². The highest BCUT2D eigenvalue weighted by atomic mass is 127. The van der Waals surface area contributed by atoms with E-state index in [2.05, 4.69) is 23.6 Å². The van der Waals surface area contributed by atoms with Gasteiger partial charge in [-0.15, -0.1) is 24.0 Å². The number of benzene rings is 1. The summed E-state index contributed by atoms with van der Waals surface area (Å²) >= 11 is 0. The number of fused-ring (bicyclic) bond motifs is 1. The van der Waals surface area contributed by atoms with Crippen LogP contribution in [-0.4, -0.2) is 37.9 Å². The zero-order valence-corrected chi connectivity index (χ0v) is 19.7. The van der Waals surface area contributed by atoms with Gasteiger partial charge in [-0.25, -0.2) is 4.99 Å². The van der Waals surface area contributed by atoms with Crippen LogP contribution in [0.3, 0.4) is 0 Å². The van der Waals surface area contributed by atoms with E-state index in [9.17, 15) is 5.11 Å². The molecular weight excluding hydrogens is 465 g/mol. The zero-order chi connectivity index (χ0) is 19.1. The summed E-state index contributed by atoms with van der Waals surface area (Å²) in [5, 5.41) is 17.3. The number of methoxy groups -OCH3 is 1. The molecule has 0 aromatic heterocycles. The number of nitrogens with one attached hydrogen (secondary N) is 2. The second-order valence-electron chi connectivity index (χ2n) is 8.05. The van der Waals surface area contributed by atoms with E-state index in [1.165, 1.54) is 43.2 Å². The van der Waals surface area contributed by atoms with Crippen molar-refractivity contribution in [2.45, 2.75) is 64.8 Å². The summed E-state index contributed by atoms with van der Waals surface area (Å²) in [6.07, 6.45) is 9.55. The van der Waals surface area contributed by atoms with E-state index in [1.807, 2.05) is 6.07 Å². The Kier molecular flexibility index (Phi) is 9.34. The molecule has 1 saturated carbocycles. The Balaban J connectivity index is 0.00000280. The molecule has 158 valence electrons. The van der Waals surface area contributed by atoms with E-state index in [0.717, 1.165) is 50.5 Å². The number of ether oxygens (including phenoxy) is 1. The van der Waals surface area contributed by atoms with Crippen LogP contribution in [0.4, 0.5) is 0 Å². The first-order valence-electron chi connectivity index (χ1n) is 10.5. The maximum atomic E-state index is 10.4. The number of aliphatic imine (C=N–C) groups is 1. The summed E-state index contributed by atoms with van der Waals surface area (Å²) in [5.41, 5.74) is 4.05. The minimum atomic E-state index is 0. The normalized spacial score (nSPS) is 17.9. The lowest BCUT2D eigenvalue weighted by atomic mass is 9.67. The van der Waals surface area contributed by atoms with Gasteiger partial charge in [-0.1, -0.05) is 12.5 Å². The van der Waals surface area contributed by atoms with Crippen LogP contribution in [0.25, 0.3) is 0 Å². The van der Waals surface area contributed by atoms with E-state index in [4.69, 9.17) is 9.73 Å². The molecule has 0 radical (unpaired) electrons. The van der Waals surface area contributed by atoms with Gasteiger partial charge in [0.25, 0.3) is 0 Å². The minimum Gasteiger partial charge on any atom is -0.508 e. The van der Waals surface area contributed by atoms with Crippen LogP contribution < -0.4 is 10.6 Å². The Bertz CT molecular complexity index is 659. The molecule has 6 heteroatoms. The maximum absolute atomic E-state index is 10.4. The lowest BCUT2D eigenvalue weighted by molar-refractivity contribution is 0.0732. The van der Waals surface area contributed by atoms with Crippen LogP contribution in [-0.2, 0) is 24.1 Å². The van der Waals surface area contributed by atoms with E-state index >= 15 is 0 Å². The van der Waals surface area contributed by atoms with Crippen molar-refractivity contribution in [2.75, 3.05) is 26.8 Å². The number of phenols is 1. The van der Waals surface area contributed by atoms with Crippen LogP contribution in [0, 0.1) is 5.41 Å². The molecule has 3 N–H and O–H groups in total. The van der Waals surface area contributed by atoms with Crippen molar-refractivity contribution in [2.24, 2.45) is 10.4 Å². The summed E-state index contributed by atoms with van der Waals surface area (Å²) in [6, 6.07) is 3.92. The summed E-state index contributed by atoms with van der Waals surface area (Å²) in [7, 11) is 1.78. The van der Waals surface area contributed by atoms with Crippen molar-refractivity contribution in [1.82, 2.24) is 10.6 Å². The molecule has 0 amide bonds. The van der Waals surface area contributed by atoms with Gasteiger partial charge in [-0.2, -0.15) is 0 Å². The Morgan fingerprint density at radius 2 is 1.96 bits per heavy atom. The molecule has 28 heavy (non-hydrogen) atoms. The summed E-state index contributed by atoms with van der Waals surface area (Å²) in [6.45, 7) is 5.19. The van der Waals surface area contributed by atoms with Gasteiger partial charge in [0.1, 0.15) is 5.75 Å². The Morgan fingerprint density at radius 1 is 1.18 bits per heavy atom. The number of hydrogen-bond donors (Lipinski definition) is 3. The first kappa shape index (κ1) is 23.3. The number of rotatable bonds is 8. The van der Waals surface area contributed by atoms with Crippen LogP contribution >= 0.6 is 24.0 Å². The largest absolute Gasteiger partial charge is 0.508 e. The smallest absolute Gasteiger partial charge is 0.191 e. The monoisotopic (exact) mass is 501 g/mol. The van der Waals surface area contributed by atoms with Crippen molar-refractivity contribution in [3.8, 4) is 5.75 Å². The first-order chi connectivity index (χ1) is 13.2. The van der Waals surface area contributed by atoms with Crippen LogP contribution in [0.2, 0.25) is 0 Å². The molecule has 0 bridgehead atoms. The molecule has 0 heterocycles. The van der Waals surface area contributed by atoms with Gasteiger partial charge in [-0.05, 0) is 74.5 Å². The molecule has 0 atom stereocenters. The number of halogens is 1. The van der Waals surface area contributed by atoms with Crippen molar-refractivity contribution >= 4 is 29.9 Å². The van der Waals surface area contributed by atoms with Crippen LogP contribution in [0.5, 0.6) is 5.75 Å². The van der Waals surface area contributed by atoms with Crippen molar-refractivity contribution < 1.29 is 9.84 Å². The predicted octanol–water partition coefficient (Wildman–Crippen LogP) is 4.15. The van der Waals surface area contributed by atoms with Crippen molar-refractivity contribution in [1.29, 1.82) is 0 Å². The van der Waals surface area contributed by atoms with Gasteiger partial charge < -0.3 is 20.5 Å². The number of nitrogens with zero attached hydrogens (tertiary/aromatic N) is 1. The number of guanidine groups is 1. The molecule has 0 saturated heterocycles. The van der Waals surface area contributed by atoms with E-state index in [0.29, 0.717) is 17.7 Å². The molecule has 1 aromatic carbocycles. The minimum absolute atomic E-state index is 0. The second kappa shape index (κ2) is 11.2. The van der Waals surface area contributed by atoms with Gasteiger partial charge in [0, 0.05) is 32.4 Å². The maximum Gasteiger partial charge on any atom is 0.191 e. The molecule has 5 nitrogen and oxygen atoms in total. The zero-order valence-electron chi connectivity index (χ0n) is 17.4. The second-order valence-corrected chi connectivity index (χ2v) is 8.05. The molecular formula is C22H36IN3O2. The molecule has 2 aliphatic rings. The first-order valence-corrected chi connectivity index (χ1v) is 10.5. The predicted molar refractivity (Wildman–Crippen MR) is 126 cm³/mol. The SMILES string of the molecule is CCNC(=NCc1c(O)ccc2c1CCCC2)NCC1(CCOC)CCC1.I. The highest BCUT2D eigenvalue weighted by molar-refractivity contribution is 14.0. The van der Waals surface area contributed by atoms with Gasteiger partial charge >= 0.3 is 0 Å². The van der Waals surface area contributed by atoms with Gasteiger partial charge in [0.2, 0.25) is 0 Å². The number of hydrogen-bond acceptors (Lipinski definition) is 3.